The molecular formula is C22H30N2O4. The minimum absolute atomic E-state index is 0.0641. The summed E-state index contributed by atoms with van der Waals surface area (Å²) in [5, 5.41) is 2.93. The highest BCUT2D eigenvalue weighted by Crippen LogP contribution is 2.45. The molecule has 0 spiro atoms. The second kappa shape index (κ2) is 8.95. The second-order valence-electron chi connectivity index (χ2n) is 8.04. The summed E-state index contributed by atoms with van der Waals surface area (Å²) in [5.74, 6) is 0.0641. The molecule has 2 amide bonds. The van der Waals surface area contributed by atoms with Crippen LogP contribution in [0.15, 0.2) is 55.6 Å². The predicted octanol–water partition coefficient (Wildman–Crippen LogP) is 4.28. The van der Waals surface area contributed by atoms with Crippen LogP contribution in [0.1, 0.15) is 32.8 Å². The van der Waals surface area contributed by atoms with Gasteiger partial charge in [0.1, 0.15) is 12.2 Å². The Labute approximate surface area is 167 Å². The van der Waals surface area contributed by atoms with E-state index in [9.17, 15) is 9.59 Å². The molecule has 2 atom stereocenters. The molecule has 0 aliphatic heterocycles. The van der Waals surface area contributed by atoms with Crippen LogP contribution in [0.4, 0.5) is 9.59 Å². The summed E-state index contributed by atoms with van der Waals surface area (Å²) >= 11 is 0. The third-order valence-corrected chi connectivity index (χ3v) is 4.45. The van der Waals surface area contributed by atoms with E-state index in [1.165, 1.54) is 4.90 Å². The van der Waals surface area contributed by atoms with Crippen molar-refractivity contribution in [3.8, 4) is 0 Å². The molecule has 1 fully saturated rings. The van der Waals surface area contributed by atoms with Crippen LogP contribution in [-0.4, -0.2) is 41.3 Å². The van der Waals surface area contributed by atoms with Crippen molar-refractivity contribution in [2.75, 3.05) is 13.1 Å². The molecular weight excluding hydrogens is 356 g/mol. The monoisotopic (exact) mass is 386 g/mol. The van der Waals surface area contributed by atoms with Crippen molar-refractivity contribution < 1.29 is 19.1 Å². The number of rotatable bonds is 8. The van der Waals surface area contributed by atoms with Crippen LogP contribution in [0.25, 0.3) is 0 Å². The first kappa shape index (κ1) is 21.5. The van der Waals surface area contributed by atoms with Gasteiger partial charge >= 0.3 is 12.2 Å². The Bertz CT molecular complexity index is 711. The summed E-state index contributed by atoms with van der Waals surface area (Å²) < 4.78 is 10.8. The van der Waals surface area contributed by atoms with E-state index in [-0.39, 0.29) is 12.5 Å². The molecule has 6 nitrogen and oxygen atoms in total. The van der Waals surface area contributed by atoms with E-state index in [1.807, 2.05) is 51.1 Å². The van der Waals surface area contributed by atoms with Crippen LogP contribution in [0, 0.1) is 5.92 Å². The van der Waals surface area contributed by atoms with Crippen molar-refractivity contribution >= 4 is 12.2 Å². The Morgan fingerprint density at radius 1 is 1.29 bits per heavy atom. The minimum Gasteiger partial charge on any atom is -0.445 e. The number of carbonyl (C=O) groups excluding carboxylic acids is 2. The Morgan fingerprint density at radius 3 is 2.50 bits per heavy atom. The topological polar surface area (TPSA) is 67.9 Å². The number of benzene rings is 1. The first-order chi connectivity index (χ1) is 13.2. The first-order valence-electron chi connectivity index (χ1n) is 9.39. The van der Waals surface area contributed by atoms with Crippen molar-refractivity contribution in [3.63, 3.8) is 0 Å². The molecule has 152 valence electrons. The number of hydrogen-bond donors (Lipinski definition) is 1. The number of ether oxygens (including phenoxy) is 2. The smallest absolute Gasteiger partial charge is 0.410 e. The van der Waals surface area contributed by atoms with E-state index in [4.69, 9.17) is 9.47 Å². The highest BCUT2D eigenvalue weighted by atomic mass is 16.6. The van der Waals surface area contributed by atoms with Gasteiger partial charge in [0.25, 0.3) is 0 Å². The van der Waals surface area contributed by atoms with E-state index in [0.29, 0.717) is 19.5 Å². The lowest BCUT2D eigenvalue weighted by Gasteiger charge is -2.29. The summed E-state index contributed by atoms with van der Waals surface area (Å²) in [5.41, 5.74) is -0.288. The third kappa shape index (κ3) is 6.15. The zero-order valence-corrected chi connectivity index (χ0v) is 16.9. The second-order valence-corrected chi connectivity index (χ2v) is 8.04. The highest BCUT2D eigenvalue weighted by molar-refractivity contribution is 5.71. The van der Waals surface area contributed by atoms with Crippen LogP contribution in [0.3, 0.4) is 0 Å². The lowest BCUT2D eigenvalue weighted by atomic mass is 10.1. The zero-order valence-electron chi connectivity index (χ0n) is 16.9. The van der Waals surface area contributed by atoms with Gasteiger partial charge in [0.05, 0.1) is 5.54 Å². The number of carbonyl (C=O) groups is 2. The maximum atomic E-state index is 12.6. The first-order valence-corrected chi connectivity index (χ1v) is 9.39. The molecule has 1 N–H and O–H groups in total. The fourth-order valence-electron chi connectivity index (χ4n) is 3.03. The van der Waals surface area contributed by atoms with E-state index in [0.717, 1.165) is 5.56 Å². The molecule has 6 heteroatoms. The van der Waals surface area contributed by atoms with Crippen molar-refractivity contribution in [2.24, 2.45) is 5.92 Å². The molecule has 2 rings (SSSR count). The van der Waals surface area contributed by atoms with Crippen LogP contribution in [0.2, 0.25) is 0 Å². The van der Waals surface area contributed by atoms with Gasteiger partial charge in [0.15, 0.2) is 0 Å². The molecule has 1 aliphatic rings. The van der Waals surface area contributed by atoms with Crippen LogP contribution in [-0.2, 0) is 16.1 Å². The normalized spacial score (nSPS) is 20.6. The zero-order chi connectivity index (χ0) is 20.8. The van der Waals surface area contributed by atoms with Gasteiger partial charge in [-0.1, -0.05) is 42.5 Å². The molecule has 1 aromatic rings. The summed E-state index contributed by atoms with van der Waals surface area (Å²) in [7, 11) is 0. The number of amides is 2. The van der Waals surface area contributed by atoms with Gasteiger partial charge < -0.3 is 19.7 Å². The Hall–Kier alpha value is -2.76. The molecule has 1 saturated carbocycles. The fourth-order valence-corrected chi connectivity index (χ4v) is 3.03. The van der Waals surface area contributed by atoms with E-state index < -0.39 is 23.3 Å². The van der Waals surface area contributed by atoms with Crippen molar-refractivity contribution in [2.45, 2.75) is 44.9 Å². The number of nitrogens with zero attached hydrogens (tertiary/aromatic N) is 1. The predicted molar refractivity (Wildman–Crippen MR) is 109 cm³/mol. The summed E-state index contributed by atoms with van der Waals surface area (Å²) in [6.07, 6.45) is 3.15. The van der Waals surface area contributed by atoms with Crippen LogP contribution < -0.4 is 5.32 Å². The molecule has 0 radical (unpaired) electrons. The van der Waals surface area contributed by atoms with Crippen molar-refractivity contribution in [1.29, 1.82) is 0 Å². The number of nitrogens with one attached hydrogen (secondary N) is 1. The molecule has 0 aromatic heterocycles. The molecule has 1 aliphatic carbocycles. The lowest BCUT2D eigenvalue weighted by molar-refractivity contribution is 0.0466. The fraction of sp³-hybridized carbons (Fsp3) is 0.455. The van der Waals surface area contributed by atoms with Crippen LogP contribution in [0.5, 0.6) is 0 Å². The van der Waals surface area contributed by atoms with Gasteiger partial charge in [0, 0.05) is 19.0 Å². The molecule has 28 heavy (non-hydrogen) atoms. The SMILES string of the molecule is C=CCN(CC1(NC(=O)OC(C)(C)C)CC1C=C)C(=O)OCc1ccccc1. The number of hydrogen-bond acceptors (Lipinski definition) is 4. The van der Waals surface area contributed by atoms with E-state index in [1.54, 1.807) is 12.2 Å². The number of alkyl carbamates (subject to hydrolysis) is 1. The van der Waals surface area contributed by atoms with Gasteiger partial charge in [-0.25, -0.2) is 9.59 Å². The highest BCUT2D eigenvalue weighted by Gasteiger charge is 2.55. The van der Waals surface area contributed by atoms with Crippen molar-refractivity contribution in [1.82, 2.24) is 10.2 Å². The standard InChI is InChI=1S/C22H30N2O4/c1-6-13-24(20(26)27-15-17-11-9-8-10-12-17)16-22(14-18(22)7-2)23-19(25)28-21(3,4)5/h6-12,18H,1-2,13-16H2,3-5H3,(H,23,25). The quantitative estimate of drug-likeness (QED) is 0.677. The van der Waals surface area contributed by atoms with Crippen LogP contribution >= 0.6 is 0 Å². The van der Waals surface area contributed by atoms with Gasteiger partial charge in [-0.2, -0.15) is 0 Å². The minimum atomic E-state index is -0.598. The molecule has 0 heterocycles. The Kier molecular flexibility index (Phi) is 6.89. The third-order valence-electron chi connectivity index (χ3n) is 4.45. The van der Waals surface area contributed by atoms with Gasteiger partial charge in [-0.3, -0.25) is 0 Å². The van der Waals surface area contributed by atoms with Gasteiger partial charge in [-0.05, 0) is 32.8 Å². The lowest BCUT2D eigenvalue weighted by Crippen LogP contribution is -2.50. The average Bonchev–Trinajstić information content (AvgIpc) is 3.30. The maximum absolute atomic E-state index is 12.6. The molecule has 2 unspecified atom stereocenters. The van der Waals surface area contributed by atoms with Crippen molar-refractivity contribution in [3.05, 3.63) is 61.2 Å². The average molecular weight is 386 g/mol. The largest absolute Gasteiger partial charge is 0.445 e. The molecule has 0 saturated heterocycles. The maximum Gasteiger partial charge on any atom is 0.410 e. The summed E-state index contributed by atoms with van der Waals surface area (Å²) in [4.78, 5) is 26.4. The summed E-state index contributed by atoms with van der Waals surface area (Å²) in [6, 6.07) is 9.48. The Morgan fingerprint density at radius 2 is 1.96 bits per heavy atom. The van der Waals surface area contributed by atoms with E-state index >= 15 is 0 Å². The molecule has 0 bridgehead atoms. The van der Waals surface area contributed by atoms with Gasteiger partial charge in [-0.15, -0.1) is 13.2 Å². The summed E-state index contributed by atoms with van der Waals surface area (Å²) in [6.45, 7) is 13.8. The van der Waals surface area contributed by atoms with Gasteiger partial charge in [0.2, 0.25) is 0 Å². The van der Waals surface area contributed by atoms with E-state index in [2.05, 4.69) is 18.5 Å². The molecule has 1 aromatic carbocycles. The Balaban J connectivity index is 2.02.